The maximum atomic E-state index is 13.1. The highest BCUT2D eigenvalue weighted by Crippen LogP contribution is 2.35. The van der Waals surface area contributed by atoms with Gasteiger partial charge in [0.2, 0.25) is 0 Å². The van der Waals surface area contributed by atoms with Crippen LogP contribution in [0.3, 0.4) is 0 Å². The first-order valence-corrected chi connectivity index (χ1v) is 12.0. The summed E-state index contributed by atoms with van der Waals surface area (Å²) >= 11 is 18.1. The van der Waals surface area contributed by atoms with Gasteiger partial charge in [0.1, 0.15) is 0 Å². The molecule has 2 aromatic heterocycles. The maximum absolute atomic E-state index is 13.1. The van der Waals surface area contributed by atoms with Crippen LogP contribution in [0.5, 0.6) is 0 Å². The normalized spacial score (nSPS) is 12.2. The zero-order valence-corrected chi connectivity index (χ0v) is 20.5. The Morgan fingerprint density at radius 2 is 1.34 bits per heavy atom. The largest absolute Gasteiger partial charge is 0.391 e. The van der Waals surface area contributed by atoms with Gasteiger partial charge in [0.15, 0.2) is 5.65 Å². The van der Waals surface area contributed by atoms with Gasteiger partial charge in [0.25, 0.3) is 0 Å². The van der Waals surface area contributed by atoms with Gasteiger partial charge < -0.3 is 5.11 Å². The molecule has 0 saturated heterocycles. The zero-order chi connectivity index (χ0) is 24.5. The molecule has 3 aromatic carbocycles. The Hall–Kier alpha value is -3.16. The zero-order valence-electron chi connectivity index (χ0n) is 18.3. The second-order valence-corrected chi connectivity index (χ2v) is 9.44. The van der Waals surface area contributed by atoms with E-state index in [-0.39, 0.29) is 6.54 Å². The number of halogens is 3. The standard InChI is InChI=1S/C26H19Cl3N4O2/c27-19-7-1-16(2-8-19)13-22(34)15-32-26(35)33-25(31-32)24(18-5-11-21(29)12-6-18)23(14-30-33)17-3-9-20(28)10-4-17/h1-12,14,22,34H,13,15H2. The van der Waals surface area contributed by atoms with Crippen molar-refractivity contribution in [3.63, 3.8) is 0 Å². The van der Waals surface area contributed by atoms with Gasteiger partial charge in [-0.2, -0.15) is 9.61 Å². The van der Waals surface area contributed by atoms with Crippen molar-refractivity contribution in [1.82, 2.24) is 19.4 Å². The minimum absolute atomic E-state index is 0.0150. The summed E-state index contributed by atoms with van der Waals surface area (Å²) in [5.74, 6) is 0. The van der Waals surface area contributed by atoms with Crippen LogP contribution in [-0.4, -0.2) is 30.6 Å². The minimum Gasteiger partial charge on any atom is -0.391 e. The highest BCUT2D eigenvalue weighted by atomic mass is 35.5. The van der Waals surface area contributed by atoms with E-state index in [9.17, 15) is 9.90 Å². The summed E-state index contributed by atoms with van der Waals surface area (Å²) in [4.78, 5) is 13.1. The molecule has 0 saturated carbocycles. The second kappa shape index (κ2) is 9.84. The lowest BCUT2D eigenvalue weighted by atomic mass is 9.97. The number of aliphatic hydroxyl groups excluding tert-OH is 1. The third kappa shape index (κ3) is 4.97. The molecule has 0 aliphatic rings. The van der Waals surface area contributed by atoms with Gasteiger partial charge in [-0.15, -0.1) is 5.10 Å². The fourth-order valence-electron chi connectivity index (χ4n) is 3.98. The number of benzene rings is 3. The maximum Gasteiger partial charge on any atom is 0.367 e. The average Bonchev–Trinajstić information content (AvgIpc) is 3.16. The topological polar surface area (TPSA) is 72.4 Å². The van der Waals surface area contributed by atoms with E-state index >= 15 is 0 Å². The van der Waals surface area contributed by atoms with Crippen LogP contribution in [0.15, 0.2) is 83.8 Å². The van der Waals surface area contributed by atoms with Crippen LogP contribution in [0.4, 0.5) is 0 Å². The third-order valence-electron chi connectivity index (χ3n) is 5.67. The van der Waals surface area contributed by atoms with Gasteiger partial charge >= 0.3 is 5.69 Å². The van der Waals surface area contributed by atoms with E-state index in [2.05, 4.69) is 10.2 Å². The molecule has 176 valence electrons. The van der Waals surface area contributed by atoms with E-state index in [0.717, 1.165) is 27.8 Å². The van der Waals surface area contributed by atoms with Crippen molar-refractivity contribution in [3.8, 4) is 22.3 Å². The summed E-state index contributed by atoms with van der Waals surface area (Å²) in [6, 6.07) is 21.9. The van der Waals surface area contributed by atoms with Crippen LogP contribution < -0.4 is 5.69 Å². The van der Waals surface area contributed by atoms with Gasteiger partial charge in [-0.3, -0.25) is 0 Å². The molecule has 9 heteroatoms. The molecule has 0 bridgehead atoms. The highest BCUT2D eigenvalue weighted by molar-refractivity contribution is 6.31. The SMILES string of the molecule is O=c1n(CC(O)Cc2ccc(Cl)cc2)nc2c(-c3ccc(Cl)cc3)c(-c3ccc(Cl)cc3)cnn12. The molecule has 6 nitrogen and oxygen atoms in total. The number of fused-ring (bicyclic) bond motifs is 1. The quantitative estimate of drug-likeness (QED) is 0.305. The molecule has 5 rings (SSSR count). The van der Waals surface area contributed by atoms with E-state index < -0.39 is 11.8 Å². The van der Waals surface area contributed by atoms with E-state index in [1.807, 2.05) is 36.4 Å². The summed E-state index contributed by atoms with van der Waals surface area (Å²) < 4.78 is 2.49. The first-order chi connectivity index (χ1) is 16.9. The lowest BCUT2D eigenvalue weighted by molar-refractivity contribution is 0.148. The molecule has 0 fully saturated rings. The lowest BCUT2D eigenvalue weighted by Gasteiger charge is -2.11. The molecule has 0 aliphatic heterocycles. The molecule has 5 aromatic rings. The summed E-state index contributed by atoms with van der Waals surface area (Å²) in [5, 5.41) is 21.4. The molecule has 0 spiro atoms. The van der Waals surface area contributed by atoms with Crippen LogP contribution in [0.25, 0.3) is 27.9 Å². The monoisotopic (exact) mass is 524 g/mol. The molecular formula is C26H19Cl3N4O2. The van der Waals surface area contributed by atoms with Crippen LogP contribution in [0.1, 0.15) is 5.56 Å². The molecule has 1 N–H and O–H groups in total. The van der Waals surface area contributed by atoms with Crippen LogP contribution in [-0.2, 0) is 13.0 Å². The molecule has 1 atom stereocenters. The minimum atomic E-state index is -0.825. The number of rotatable bonds is 6. The molecule has 1 unspecified atom stereocenters. The summed E-state index contributed by atoms with van der Waals surface area (Å²) in [7, 11) is 0. The number of aliphatic hydroxyl groups is 1. The van der Waals surface area contributed by atoms with Crippen molar-refractivity contribution in [1.29, 1.82) is 0 Å². The van der Waals surface area contributed by atoms with Gasteiger partial charge in [0, 0.05) is 32.6 Å². The van der Waals surface area contributed by atoms with Crippen molar-refractivity contribution in [2.24, 2.45) is 0 Å². The number of hydrogen-bond donors (Lipinski definition) is 1. The fraction of sp³-hybridized carbons (Fsp3) is 0.115. The Morgan fingerprint density at radius 1 is 0.800 bits per heavy atom. The van der Waals surface area contributed by atoms with Crippen molar-refractivity contribution in [2.75, 3.05) is 0 Å². The molecule has 0 amide bonds. The van der Waals surface area contributed by atoms with Gasteiger partial charge in [0.05, 0.1) is 18.8 Å². The van der Waals surface area contributed by atoms with E-state index in [1.54, 1.807) is 42.6 Å². The summed E-state index contributed by atoms with van der Waals surface area (Å²) in [6.45, 7) is 0.0150. The van der Waals surface area contributed by atoms with Crippen molar-refractivity contribution >= 4 is 40.4 Å². The van der Waals surface area contributed by atoms with Crippen LogP contribution in [0.2, 0.25) is 15.1 Å². The fourth-order valence-corrected chi connectivity index (χ4v) is 4.36. The predicted molar refractivity (Wildman–Crippen MR) is 139 cm³/mol. The molecule has 35 heavy (non-hydrogen) atoms. The first-order valence-electron chi connectivity index (χ1n) is 10.8. The summed E-state index contributed by atoms with van der Waals surface area (Å²) in [5.41, 5.74) is 4.06. The summed E-state index contributed by atoms with van der Waals surface area (Å²) in [6.07, 6.45) is 1.16. The first kappa shape index (κ1) is 23.6. The number of aromatic nitrogens is 4. The van der Waals surface area contributed by atoms with Crippen molar-refractivity contribution < 1.29 is 5.11 Å². The second-order valence-electron chi connectivity index (χ2n) is 8.13. The third-order valence-corrected chi connectivity index (χ3v) is 6.43. The average molecular weight is 526 g/mol. The number of hydrogen-bond acceptors (Lipinski definition) is 4. The molecule has 0 aliphatic carbocycles. The molecule has 2 heterocycles. The Balaban J connectivity index is 1.59. The van der Waals surface area contributed by atoms with E-state index in [4.69, 9.17) is 34.8 Å². The molecular weight excluding hydrogens is 507 g/mol. The Morgan fingerprint density at radius 3 is 1.94 bits per heavy atom. The van der Waals surface area contributed by atoms with Gasteiger partial charge in [-0.05, 0) is 53.1 Å². The number of nitrogens with zero attached hydrogens (tertiary/aromatic N) is 4. The Bertz CT molecular complexity index is 1540. The van der Waals surface area contributed by atoms with Crippen molar-refractivity contribution in [3.05, 3.63) is 110 Å². The van der Waals surface area contributed by atoms with Gasteiger partial charge in [-0.25, -0.2) is 9.48 Å². The predicted octanol–water partition coefficient (Wildman–Crippen LogP) is 5.79. The Labute approximate surface area is 215 Å². The van der Waals surface area contributed by atoms with Crippen molar-refractivity contribution in [2.45, 2.75) is 19.1 Å². The van der Waals surface area contributed by atoms with E-state index in [0.29, 0.717) is 27.1 Å². The van der Waals surface area contributed by atoms with Crippen LogP contribution in [0, 0.1) is 0 Å². The van der Waals surface area contributed by atoms with Gasteiger partial charge in [-0.1, -0.05) is 71.2 Å². The highest BCUT2D eigenvalue weighted by Gasteiger charge is 2.20. The lowest BCUT2D eigenvalue weighted by Crippen LogP contribution is -2.29. The Kier molecular flexibility index (Phi) is 6.62. The van der Waals surface area contributed by atoms with E-state index in [1.165, 1.54) is 9.20 Å². The molecule has 0 radical (unpaired) electrons. The smallest absolute Gasteiger partial charge is 0.367 e. The van der Waals surface area contributed by atoms with Crippen LogP contribution >= 0.6 is 34.8 Å².